The van der Waals surface area contributed by atoms with E-state index in [2.05, 4.69) is 49.1 Å². The monoisotopic (exact) mass is 422 g/mol. The lowest BCUT2D eigenvalue weighted by atomic mass is 9.79. The molecule has 0 saturated heterocycles. The average Bonchev–Trinajstić information content (AvgIpc) is 3.44. The maximum atomic E-state index is 12.3. The molecule has 5 rings (SSSR count). The molecule has 0 unspecified atom stereocenters. The molecule has 1 N–H and O–H groups in total. The van der Waals surface area contributed by atoms with E-state index in [4.69, 9.17) is 0 Å². The standard InChI is InChI=1S/C20H18N6OS2/c1-12-5-6-16(29-12)26-17(24-25-18(26)20-22-8-9-28-20)13-10-14(11-13)23-19(27)15-4-2-3-7-21-15/h2-9,13-14H,10-11H2,1H3,(H,23,27)/t13-,14-. The van der Waals surface area contributed by atoms with Crippen molar-refractivity contribution in [3.63, 3.8) is 0 Å². The van der Waals surface area contributed by atoms with Gasteiger partial charge in [-0.2, -0.15) is 0 Å². The van der Waals surface area contributed by atoms with Gasteiger partial charge in [0.1, 0.15) is 16.5 Å². The number of amides is 1. The third kappa shape index (κ3) is 3.47. The van der Waals surface area contributed by atoms with Gasteiger partial charge in [0, 0.05) is 34.6 Å². The number of pyridine rings is 1. The summed E-state index contributed by atoms with van der Waals surface area (Å²) in [5.74, 6) is 1.82. The highest BCUT2D eigenvalue weighted by Crippen LogP contribution is 2.39. The SMILES string of the molecule is Cc1ccc(-n2c(-c3nccs3)nnc2[C@H]2C[C@H](NC(=O)c3ccccn3)C2)s1. The van der Waals surface area contributed by atoms with Gasteiger partial charge in [0.25, 0.3) is 5.91 Å². The van der Waals surface area contributed by atoms with Crippen molar-refractivity contribution < 1.29 is 4.79 Å². The number of nitrogens with one attached hydrogen (secondary N) is 1. The van der Waals surface area contributed by atoms with Crippen LogP contribution in [0.2, 0.25) is 0 Å². The van der Waals surface area contributed by atoms with E-state index in [1.165, 1.54) is 4.88 Å². The maximum Gasteiger partial charge on any atom is 0.270 e. The number of nitrogens with zero attached hydrogens (tertiary/aromatic N) is 5. The third-order valence-electron chi connectivity index (χ3n) is 4.99. The zero-order chi connectivity index (χ0) is 19.8. The Balaban J connectivity index is 1.37. The van der Waals surface area contributed by atoms with Crippen molar-refractivity contribution in [1.82, 2.24) is 30.0 Å². The molecule has 146 valence electrons. The summed E-state index contributed by atoms with van der Waals surface area (Å²) < 4.78 is 2.12. The van der Waals surface area contributed by atoms with E-state index < -0.39 is 0 Å². The predicted octanol–water partition coefficient (Wildman–Crippen LogP) is 3.83. The Morgan fingerprint density at radius 3 is 2.72 bits per heavy atom. The molecule has 7 nitrogen and oxygen atoms in total. The fourth-order valence-electron chi connectivity index (χ4n) is 3.50. The lowest BCUT2D eigenvalue weighted by Gasteiger charge is -2.35. The molecule has 9 heteroatoms. The van der Waals surface area contributed by atoms with E-state index in [9.17, 15) is 4.79 Å². The first-order chi connectivity index (χ1) is 14.2. The van der Waals surface area contributed by atoms with E-state index in [1.54, 1.807) is 47.2 Å². The van der Waals surface area contributed by atoms with Gasteiger partial charge in [0.2, 0.25) is 0 Å². The summed E-state index contributed by atoms with van der Waals surface area (Å²) in [6.07, 6.45) is 5.08. The minimum Gasteiger partial charge on any atom is -0.348 e. The van der Waals surface area contributed by atoms with Gasteiger partial charge < -0.3 is 5.32 Å². The van der Waals surface area contributed by atoms with Crippen LogP contribution in [0.5, 0.6) is 0 Å². The maximum absolute atomic E-state index is 12.3. The summed E-state index contributed by atoms with van der Waals surface area (Å²) in [6, 6.07) is 9.66. The number of carbonyl (C=O) groups is 1. The number of carbonyl (C=O) groups excluding carboxylic acids is 1. The van der Waals surface area contributed by atoms with Crippen molar-refractivity contribution in [3.8, 4) is 15.8 Å². The molecule has 4 aromatic rings. The van der Waals surface area contributed by atoms with Crippen LogP contribution in [-0.4, -0.2) is 36.7 Å². The van der Waals surface area contributed by atoms with Crippen molar-refractivity contribution in [2.45, 2.75) is 31.7 Å². The first kappa shape index (κ1) is 18.1. The van der Waals surface area contributed by atoms with Crippen LogP contribution in [0, 0.1) is 6.92 Å². The molecule has 29 heavy (non-hydrogen) atoms. The molecule has 4 heterocycles. The molecule has 1 aliphatic rings. The smallest absolute Gasteiger partial charge is 0.270 e. The van der Waals surface area contributed by atoms with Gasteiger partial charge in [-0.25, -0.2) is 4.98 Å². The molecule has 0 radical (unpaired) electrons. The van der Waals surface area contributed by atoms with Crippen LogP contribution in [0.15, 0.2) is 48.1 Å². The zero-order valence-corrected chi connectivity index (χ0v) is 17.3. The molecule has 1 aliphatic carbocycles. The molecule has 1 amide bonds. The van der Waals surface area contributed by atoms with Crippen LogP contribution in [-0.2, 0) is 0 Å². The van der Waals surface area contributed by atoms with Crippen molar-refractivity contribution in [2.75, 3.05) is 0 Å². The van der Waals surface area contributed by atoms with Gasteiger partial charge in [0.15, 0.2) is 10.8 Å². The highest BCUT2D eigenvalue weighted by atomic mass is 32.1. The van der Waals surface area contributed by atoms with Crippen molar-refractivity contribution in [3.05, 3.63) is 64.5 Å². The lowest BCUT2D eigenvalue weighted by Crippen LogP contribution is -2.44. The topological polar surface area (TPSA) is 85.6 Å². The Labute approximate surface area is 175 Å². The minimum absolute atomic E-state index is 0.119. The number of thiophene rings is 1. The van der Waals surface area contributed by atoms with E-state index in [1.807, 2.05) is 11.4 Å². The lowest BCUT2D eigenvalue weighted by molar-refractivity contribution is 0.0902. The summed E-state index contributed by atoms with van der Waals surface area (Å²) in [7, 11) is 0. The van der Waals surface area contributed by atoms with Crippen molar-refractivity contribution in [1.29, 1.82) is 0 Å². The van der Waals surface area contributed by atoms with Gasteiger partial charge in [-0.1, -0.05) is 6.07 Å². The van der Waals surface area contributed by atoms with E-state index in [0.717, 1.165) is 34.5 Å². The molecule has 4 aromatic heterocycles. The number of hydrogen-bond acceptors (Lipinski definition) is 7. The van der Waals surface area contributed by atoms with Gasteiger partial charge in [-0.15, -0.1) is 32.9 Å². The number of thiazole rings is 1. The van der Waals surface area contributed by atoms with Crippen LogP contribution < -0.4 is 5.32 Å². The van der Waals surface area contributed by atoms with E-state index >= 15 is 0 Å². The summed E-state index contributed by atoms with van der Waals surface area (Å²) in [4.78, 5) is 22.1. The molecule has 1 saturated carbocycles. The minimum atomic E-state index is -0.132. The van der Waals surface area contributed by atoms with Gasteiger partial charge >= 0.3 is 0 Å². The Kier molecular flexibility index (Phi) is 4.69. The van der Waals surface area contributed by atoms with Crippen LogP contribution >= 0.6 is 22.7 Å². The van der Waals surface area contributed by atoms with Crippen LogP contribution in [0.25, 0.3) is 15.8 Å². The first-order valence-electron chi connectivity index (χ1n) is 9.33. The molecular weight excluding hydrogens is 404 g/mol. The molecule has 0 bridgehead atoms. The average molecular weight is 423 g/mol. The Bertz CT molecular complexity index is 1130. The number of rotatable bonds is 5. The highest BCUT2D eigenvalue weighted by molar-refractivity contribution is 7.14. The van der Waals surface area contributed by atoms with Crippen molar-refractivity contribution in [2.24, 2.45) is 0 Å². The molecule has 0 atom stereocenters. The summed E-state index contributed by atoms with van der Waals surface area (Å²) in [5.41, 5.74) is 0.444. The van der Waals surface area contributed by atoms with Crippen LogP contribution in [0.1, 0.15) is 39.9 Å². The normalized spacial score (nSPS) is 18.4. The van der Waals surface area contributed by atoms with Crippen LogP contribution in [0.4, 0.5) is 0 Å². The number of aromatic nitrogens is 5. The quantitative estimate of drug-likeness (QED) is 0.528. The van der Waals surface area contributed by atoms with Gasteiger partial charge in [-0.05, 0) is 44.0 Å². The molecule has 0 aromatic carbocycles. The highest BCUT2D eigenvalue weighted by Gasteiger charge is 2.36. The summed E-state index contributed by atoms with van der Waals surface area (Å²) >= 11 is 3.27. The molecule has 1 fully saturated rings. The van der Waals surface area contributed by atoms with E-state index in [0.29, 0.717) is 5.69 Å². The fraction of sp³-hybridized carbons (Fsp3) is 0.250. The van der Waals surface area contributed by atoms with E-state index in [-0.39, 0.29) is 17.9 Å². The summed E-state index contributed by atoms with van der Waals surface area (Å²) in [5, 5.41) is 15.9. The van der Waals surface area contributed by atoms with Gasteiger partial charge in [-0.3, -0.25) is 14.3 Å². The molecule has 0 spiro atoms. The van der Waals surface area contributed by atoms with Crippen molar-refractivity contribution >= 4 is 28.6 Å². The largest absolute Gasteiger partial charge is 0.348 e. The third-order valence-corrected chi connectivity index (χ3v) is 6.75. The first-order valence-corrected chi connectivity index (χ1v) is 11.0. The second-order valence-corrected chi connectivity index (χ2v) is 9.15. The van der Waals surface area contributed by atoms with Gasteiger partial charge in [0.05, 0.1) is 0 Å². The zero-order valence-electron chi connectivity index (χ0n) is 15.6. The number of aryl methyl sites for hydroxylation is 1. The fourth-order valence-corrected chi connectivity index (χ4v) is 4.98. The Morgan fingerprint density at radius 1 is 1.14 bits per heavy atom. The second-order valence-electron chi connectivity index (χ2n) is 6.99. The molecular formula is C20H18N6OS2. The summed E-state index contributed by atoms with van der Waals surface area (Å²) in [6.45, 7) is 2.09. The number of hydrogen-bond donors (Lipinski definition) is 1. The molecule has 0 aliphatic heterocycles. The Morgan fingerprint density at radius 2 is 2.03 bits per heavy atom. The van der Waals surface area contributed by atoms with Crippen LogP contribution in [0.3, 0.4) is 0 Å². The predicted molar refractivity (Wildman–Crippen MR) is 113 cm³/mol. The Hall–Kier alpha value is -2.91. The second kappa shape index (κ2) is 7.49.